The molecular weight excluding hydrogens is 264 g/mol. The van der Waals surface area contributed by atoms with Gasteiger partial charge in [0.2, 0.25) is 0 Å². The molecule has 20 heavy (non-hydrogen) atoms. The molecule has 7 heteroatoms. The Kier molecular flexibility index (Phi) is 6.31. The van der Waals surface area contributed by atoms with E-state index in [-0.39, 0.29) is 13.0 Å². The van der Waals surface area contributed by atoms with Crippen LogP contribution in [0, 0.1) is 0 Å². The number of carbonyl (C=O) groups is 2. The number of anilines is 1. The first-order valence-electron chi connectivity index (χ1n) is 6.20. The summed E-state index contributed by atoms with van der Waals surface area (Å²) in [6.45, 7) is 2.03. The fraction of sp³-hybridized carbons (Fsp3) is 0.385. The highest BCUT2D eigenvalue weighted by Gasteiger charge is 2.19. The van der Waals surface area contributed by atoms with Crippen molar-refractivity contribution >= 4 is 17.7 Å². The van der Waals surface area contributed by atoms with Crippen LogP contribution in [0.25, 0.3) is 0 Å². The number of ether oxygens (including phenoxy) is 1. The van der Waals surface area contributed by atoms with Gasteiger partial charge >= 0.3 is 12.0 Å². The lowest BCUT2D eigenvalue weighted by molar-refractivity contribution is -0.139. The normalized spacial score (nSPS) is 11.5. The molecule has 1 rings (SSSR count). The zero-order valence-corrected chi connectivity index (χ0v) is 11.1. The van der Waals surface area contributed by atoms with Gasteiger partial charge < -0.3 is 25.6 Å². The Morgan fingerprint density at radius 1 is 1.40 bits per heavy atom. The molecule has 0 bridgehead atoms. The Balaban J connectivity index is 2.61. The number of aliphatic hydroxyl groups is 1. The number of hydrogen-bond donors (Lipinski definition) is 4. The predicted molar refractivity (Wildman–Crippen MR) is 72.9 cm³/mol. The van der Waals surface area contributed by atoms with Crippen molar-refractivity contribution in [1.29, 1.82) is 0 Å². The predicted octanol–water partition coefficient (Wildman–Crippen LogP) is 1.04. The van der Waals surface area contributed by atoms with Crippen molar-refractivity contribution in [3.8, 4) is 5.75 Å². The molecule has 2 amide bonds. The molecule has 0 saturated carbocycles. The van der Waals surface area contributed by atoms with Crippen molar-refractivity contribution in [2.75, 3.05) is 18.5 Å². The monoisotopic (exact) mass is 282 g/mol. The topological polar surface area (TPSA) is 108 Å². The maximum absolute atomic E-state index is 11.7. The highest BCUT2D eigenvalue weighted by atomic mass is 16.5. The number of benzene rings is 1. The first-order valence-corrected chi connectivity index (χ1v) is 6.20. The van der Waals surface area contributed by atoms with E-state index >= 15 is 0 Å². The van der Waals surface area contributed by atoms with Gasteiger partial charge in [-0.3, -0.25) is 0 Å². The quantitative estimate of drug-likeness (QED) is 0.597. The Hall–Kier alpha value is -2.28. The van der Waals surface area contributed by atoms with Gasteiger partial charge in [-0.1, -0.05) is 6.07 Å². The van der Waals surface area contributed by atoms with Gasteiger partial charge in [-0.15, -0.1) is 0 Å². The van der Waals surface area contributed by atoms with Crippen LogP contribution >= 0.6 is 0 Å². The maximum atomic E-state index is 11.7. The van der Waals surface area contributed by atoms with Crippen LogP contribution in [-0.2, 0) is 4.79 Å². The van der Waals surface area contributed by atoms with E-state index in [0.717, 1.165) is 0 Å². The SMILES string of the molecule is CCOc1cccc(NC(=O)N[C@@H](CCO)C(=O)O)c1. The van der Waals surface area contributed by atoms with Gasteiger partial charge in [-0.05, 0) is 19.1 Å². The molecule has 0 heterocycles. The summed E-state index contributed by atoms with van der Waals surface area (Å²) in [6, 6.07) is 4.96. The lowest BCUT2D eigenvalue weighted by atomic mass is 10.2. The molecule has 1 aromatic carbocycles. The molecule has 1 atom stereocenters. The Morgan fingerprint density at radius 2 is 2.15 bits per heavy atom. The number of urea groups is 1. The van der Waals surface area contributed by atoms with Crippen molar-refractivity contribution < 1.29 is 24.5 Å². The zero-order chi connectivity index (χ0) is 15.0. The Bertz CT molecular complexity index is 464. The van der Waals surface area contributed by atoms with Crippen LogP contribution in [-0.4, -0.2) is 41.5 Å². The third-order valence-electron chi connectivity index (χ3n) is 2.42. The van der Waals surface area contributed by atoms with Crippen molar-refractivity contribution in [1.82, 2.24) is 5.32 Å². The first-order chi connectivity index (χ1) is 9.56. The van der Waals surface area contributed by atoms with Gasteiger partial charge in [0.25, 0.3) is 0 Å². The molecule has 0 aliphatic carbocycles. The third-order valence-corrected chi connectivity index (χ3v) is 2.42. The first kappa shape index (κ1) is 15.8. The van der Waals surface area contributed by atoms with E-state index in [2.05, 4.69) is 10.6 Å². The maximum Gasteiger partial charge on any atom is 0.326 e. The van der Waals surface area contributed by atoms with Gasteiger partial charge in [-0.2, -0.15) is 0 Å². The third kappa shape index (κ3) is 5.15. The summed E-state index contributed by atoms with van der Waals surface area (Å²) in [5, 5.41) is 22.4. The van der Waals surface area contributed by atoms with E-state index in [1.807, 2.05) is 6.92 Å². The average Bonchev–Trinajstić information content (AvgIpc) is 2.38. The summed E-state index contributed by atoms with van der Waals surface area (Å²) >= 11 is 0. The molecule has 4 N–H and O–H groups in total. The van der Waals surface area contributed by atoms with Gasteiger partial charge in [0, 0.05) is 24.8 Å². The van der Waals surface area contributed by atoms with E-state index in [0.29, 0.717) is 18.0 Å². The van der Waals surface area contributed by atoms with Gasteiger partial charge in [0.05, 0.1) is 6.61 Å². The van der Waals surface area contributed by atoms with Gasteiger partial charge in [0.15, 0.2) is 0 Å². The highest BCUT2D eigenvalue weighted by molar-refractivity contribution is 5.92. The average molecular weight is 282 g/mol. The molecule has 7 nitrogen and oxygen atoms in total. The molecule has 0 radical (unpaired) electrons. The minimum atomic E-state index is -1.20. The summed E-state index contributed by atoms with van der Waals surface area (Å²) in [5.41, 5.74) is 0.488. The summed E-state index contributed by atoms with van der Waals surface area (Å²) in [7, 11) is 0. The second-order valence-electron chi connectivity index (χ2n) is 3.96. The van der Waals surface area contributed by atoms with Crippen LogP contribution in [0.3, 0.4) is 0 Å². The fourth-order valence-corrected chi connectivity index (χ4v) is 1.54. The van der Waals surface area contributed by atoms with Crippen LogP contribution in [0.4, 0.5) is 10.5 Å². The molecule has 0 unspecified atom stereocenters. The van der Waals surface area contributed by atoms with E-state index in [1.54, 1.807) is 24.3 Å². The van der Waals surface area contributed by atoms with Gasteiger partial charge in [-0.25, -0.2) is 9.59 Å². The largest absolute Gasteiger partial charge is 0.494 e. The van der Waals surface area contributed by atoms with Crippen molar-refractivity contribution in [3.05, 3.63) is 24.3 Å². The van der Waals surface area contributed by atoms with Crippen LogP contribution in [0.5, 0.6) is 5.75 Å². The zero-order valence-electron chi connectivity index (χ0n) is 11.1. The second-order valence-corrected chi connectivity index (χ2v) is 3.96. The minimum Gasteiger partial charge on any atom is -0.494 e. The summed E-state index contributed by atoms with van der Waals surface area (Å²) in [4.78, 5) is 22.5. The molecular formula is C13H18N2O5. The smallest absolute Gasteiger partial charge is 0.326 e. The summed E-state index contributed by atoms with van der Waals surface area (Å²) < 4.78 is 5.29. The second kappa shape index (κ2) is 8.00. The summed E-state index contributed by atoms with van der Waals surface area (Å²) in [5.74, 6) is -0.590. The van der Waals surface area contributed by atoms with Gasteiger partial charge in [0.1, 0.15) is 11.8 Å². The standard InChI is InChI=1S/C13H18N2O5/c1-2-20-10-5-3-4-9(8-10)14-13(19)15-11(6-7-16)12(17)18/h3-5,8,11,16H,2,6-7H2,1H3,(H,17,18)(H2,14,15,19)/t11-/m0/s1. The molecule has 0 aliphatic rings. The number of rotatable bonds is 7. The van der Waals surface area contributed by atoms with Crippen LogP contribution in [0.1, 0.15) is 13.3 Å². The number of amides is 2. The van der Waals surface area contributed by atoms with E-state index in [1.165, 1.54) is 0 Å². The van der Waals surface area contributed by atoms with Crippen molar-refractivity contribution in [2.45, 2.75) is 19.4 Å². The number of nitrogens with one attached hydrogen (secondary N) is 2. The number of carboxylic acids is 1. The molecule has 0 spiro atoms. The fourth-order valence-electron chi connectivity index (χ4n) is 1.54. The van der Waals surface area contributed by atoms with Crippen molar-refractivity contribution in [3.63, 3.8) is 0 Å². The van der Waals surface area contributed by atoms with E-state index in [9.17, 15) is 9.59 Å². The molecule has 0 saturated heterocycles. The van der Waals surface area contributed by atoms with Crippen LogP contribution in [0.2, 0.25) is 0 Å². The molecule has 110 valence electrons. The number of carboxylic acid groups (broad SMARTS) is 1. The van der Waals surface area contributed by atoms with Crippen molar-refractivity contribution in [2.24, 2.45) is 0 Å². The number of hydrogen-bond acceptors (Lipinski definition) is 4. The van der Waals surface area contributed by atoms with Crippen LogP contribution < -0.4 is 15.4 Å². The van der Waals surface area contributed by atoms with E-state index in [4.69, 9.17) is 14.9 Å². The Morgan fingerprint density at radius 3 is 2.75 bits per heavy atom. The summed E-state index contributed by atoms with van der Waals surface area (Å²) in [6.07, 6.45) is -0.0538. The lowest BCUT2D eigenvalue weighted by Gasteiger charge is -2.14. The molecule has 0 aliphatic heterocycles. The molecule has 1 aromatic rings. The Labute approximate surface area is 116 Å². The number of aliphatic hydroxyl groups excluding tert-OH is 1. The molecule has 0 fully saturated rings. The van der Waals surface area contributed by atoms with E-state index < -0.39 is 18.0 Å². The molecule has 0 aromatic heterocycles. The minimum absolute atomic E-state index is 0.0538. The lowest BCUT2D eigenvalue weighted by Crippen LogP contribution is -2.43. The highest BCUT2D eigenvalue weighted by Crippen LogP contribution is 2.17. The number of aliphatic carboxylic acids is 1. The van der Waals surface area contributed by atoms with Crippen LogP contribution in [0.15, 0.2) is 24.3 Å². The number of carbonyl (C=O) groups excluding carboxylic acids is 1.